The summed E-state index contributed by atoms with van der Waals surface area (Å²) >= 11 is 0. The van der Waals surface area contributed by atoms with E-state index in [1.165, 1.54) is 19.0 Å². The van der Waals surface area contributed by atoms with Gasteiger partial charge in [0, 0.05) is 19.3 Å². The monoisotopic (exact) mass is 221 g/mol. The summed E-state index contributed by atoms with van der Waals surface area (Å²) < 4.78 is 0. The first-order valence-corrected chi connectivity index (χ1v) is 5.58. The Bertz CT molecular complexity index is 373. The Morgan fingerprint density at radius 2 is 1.94 bits per heavy atom. The highest BCUT2D eigenvalue weighted by Crippen LogP contribution is 2.16. The molecule has 0 aromatic carbocycles. The van der Waals surface area contributed by atoms with Crippen LogP contribution in [0, 0.1) is 0 Å². The van der Waals surface area contributed by atoms with E-state index in [0.717, 1.165) is 31.7 Å². The summed E-state index contributed by atoms with van der Waals surface area (Å²) in [6.45, 7) is 1.91. The van der Waals surface area contributed by atoms with Gasteiger partial charge in [0.05, 0.1) is 0 Å². The number of aromatic carboxylic acids is 1. The number of aromatic nitrogens is 2. The van der Waals surface area contributed by atoms with Gasteiger partial charge < -0.3 is 10.0 Å². The third-order valence-corrected chi connectivity index (χ3v) is 2.76. The zero-order chi connectivity index (χ0) is 11.4. The van der Waals surface area contributed by atoms with Gasteiger partial charge in [-0.1, -0.05) is 12.8 Å². The zero-order valence-electron chi connectivity index (χ0n) is 9.09. The molecule has 1 aromatic rings. The summed E-state index contributed by atoms with van der Waals surface area (Å²) in [5, 5.41) is 8.82. The van der Waals surface area contributed by atoms with Crippen LogP contribution < -0.4 is 4.90 Å². The van der Waals surface area contributed by atoms with Crippen molar-refractivity contribution in [3.8, 4) is 0 Å². The molecule has 5 nitrogen and oxygen atoms in total. The number of carbonyl (C=O) groups is 1. The molecular weight excluding hydrogens is 206 g/mol. The van der Waals surface area contributed by atoms with Gasteiger partial charge in [-0.25, -0.2) is 14.8 Å². The summed E-state index contributed by atoms with van der Waals surface area (Å²) in [4.78, 5) is 20.7. The predicted molar refractivity (Wildman–Crippen MR) is 59.7 cm³/mol. The minimum atomic E-state index is -1.07. The topological polar surface area (TPSA) is 66.3 Å². The second-order valence-corrected chi connectivity index (χ2v) is 3.94. The van der Waals surface area contributed by atoms with Crippen molar-refractivity contribution in [3.05, 3.63) is 18.1 Å². The third kappa shape index (κ3) is 2.48. The molecule has 0 aliphatic carbocycles. The van der Waals surface area contributed by atoms with Gasteiger partial charge in [-0.05, 0) is 18.9 Å². The van der Waals surface area contributed by atoms with E-state index in [-0.39, 0.29) is 5.82 Å². The molecule has 16 heavy (non-hydrogen) atoms. The maximum Gasteiger partial charge on any atom is 0.374 e. The molecular formula is C11H15N3O2. The van der Waals surface area contributed by atoms with Gasteiger partial charge >= 0.3 is 5.97 Å². The Morgan fingerprint density at radius 1 is 1.25 bits per heavy atom. The number of anilines is 1. The van der Waals surface area contributed by atoms with Gasteiger partial charge in [-0.3, -0.25) is 0 Å². The fourth-order valence-corrected chi connectivity index (χ4v) is 1.93. The molecule has 5 heteroatoms. The van der Waals surface area contributed by atoms with Gasteiger partial charge in [0.25, 0.3) is 0 Å². The van der Waals surface area contributed by atoms with E-state index in [2.05, 4.69) is 14.9 Å². The van der Waals surface area contributed by atoms with Crippen molar-refractivity contribution in [3.63, 3.8) is 0 Å². The minimum Gasteiger partial charge on any atom is -0.475 e. The zero-order valence-corrected chi connectivity index (χ0v) is 9.09. The van der Waals surface area contributed by atoms with Crippen LogP contribution in [-0.2, 0) is 0 Å². The number of rotatable bonds is 2. The number of hydrogen-bond donors (Lipinski definition) is 1. The van der Waals surface area contributed by atoms with Crippen molar-refractivity contribution in [2.24, 2.45) is 0 Å². The van der Waals surface area contributed by atoms with Gasteiger partial charge in [0.1, 0.15) is 5.82 Å². The lowest BCUT2D eigenvalue weighted by molar-refractivity contribution is 0.0683. The maximum absolute atomic E-state index is 10.8. The molecule has 0 unspecified atom stereocenters. The molecule has 0 saturated carbocycles. The summed E-state index contributed by atoms with van der Waals surface area (Å²) in [7, 11) is 0. The Labute approximate surface area is 94.1 Å². The van der Waals surface area contributed by atoms with Gasteiger partial charge in [0.2, 0.25) is 5.82 Å². The molecule has 2 rings (SSSR count). The van der Waals surface area contributed by atoms with E-state index in [0.29, 0.717) is 0 Å². The van der Waals surface area contributed by atoms with Crippen LogP contribution in [0.3, 0.4) is 0 Å². The number of carboxylic acids is 1. The lowest BCUT2D eigenvalue weighted by Gasteiger charge is -2.21. The molecule has 2 heterocycles. The molecule has 1 N–H and O–H groups in total. The minimum absolute atomic E-state index is 0.123. The third-order valence-electron chi connectivity index (χ3n) is 2.76. The first-order chi connectivity index (χ1) is 7.77. The molecule has 86 valence electrons. The molecule has 0 radical (unpaired) electrons. The maximum atomic E-state index is 10.8. The van der Waals surface area contributed by atoms with Crippen LogP contribution in [0.15, 0.2) is 12.3 Å². The predicted octanol–water partition coefficient (Wildman–Crippen LogP) is 1.56. The average Bonchev–Trinajstić information content (AvgIpc) is 2.57. The van der Waals surface area contributed by atoms with Crippen molar-refractivity contribution in [2.75, 3.05) is 18.0 Å². The Morgan fingerprint density at radius 3 is 2.56 bits per heavy atom. The SMILES string of the molecule is O=C(O)c1nccc(N2CCCCCC2)n1. The van der Waals surface area contributed by atoms with Crippen LogP contribution in [-0.4, -0.2) is 34.1 Å². The fourth-order valence-electron chi connectivity index (χ4n) is 1.93. The van der Waals surface area contributed by atoms with E-state index >= 15 is 0 Å². The summed E-state index contributed by atoms with van der Waals surface area (Å²) in [6.07, 6.45) is 6.29. The molecule has 0 spiro atoms. The van der Waals surface area contributed by atoms with Gasteiger partial charge in [-0.2, -0.15) is 0 Å². The van der Waals surface area contributed by atoms with Gasteiger partial charge in [-0.15, -0.1) is 0 Å². The number of nitrogens with zero attached hydrogens (tertiary/aromatic N) is 3. The summed E-state index contributed by atoms with van der Waals surface area (Å²) in [5.41, 5.74) is 0. The standard InChI is InChI=1S/C11H15N3O2/c15-11(16)10-12-6-5-9(13-10)14-7-3-1-2-4-8-14/h5-6H,1-4,7-8H2,(H,15,16). The number of hydrogen-bond acceptors (Lipinski definition) is 4. The molecule has 0 amide bonds. The van der Waals surface area contributed by atoms with Crippen molar-refractivity contribution in [1.29, 1.82) is 0 Å². The van der Waals surface area contributed by atoms with Crippen molar-refractivity contribution >= 4 is 11.8 Å². The van der Waals surface area contributed by atoms with E-state index in [1.54, 1.807) is 6.07 Å². The smallest absolute Gasteiger partial charge is 0.374 e. The number of carboxylic acid groups (broad SMARTS) is 1. The van der Waals surface area contributed by atoms with E-state index in [4.69, 9.17) is 5.11 Å². The summed E-state index contributed by atoms with van der Waals surface area (Å²) in [6, 6.07) is 1.78. The molecule has 1 aliphatic heterocycles. The second kappa shape index (κ2) is 4.92. The molecule has 0 atom stereocenters. The highest BCUT2D eigenvalue weighted by Gasteiger charge is 2.13. The first kappa shape index (κ1) is 10.9. The lowest BCUT2D eigenvalue weighted by atomic mass is 10.2. The molecule has 0 bridgehead atoms. The van der Waals surface area contributed by atoms with Crippen molar-refractivity contribution in [1.82, 2.24) is 9.97 Å². The Hall–Kier alpha value is -1.65. The van der Waals surface area contributed by atoms with Gasteiger partial charge in [0.15, 0.2) is 0 Å². The highest BCUT2D eigenvalue weighted by atomic mass is 16.4. The average molecular weight is 221 g/mol. The molecule has 1 fully saturated rings. The highest BCUT2D eigenvalue weighted by molar-refractivity contribution is 5.83. The second-order valence-electron chi connectivity index (χ2n) is 3.94. The van der Waals surface area contributed by atoms with E-state index < -0.39 is 5.97 Å². The van der Waals surface area contributed by atoms with Crippen molar-refractivity contribution < 1.29 is 9.90 Å². The van der Waals surface area contributed by atoms with Crippen molar-refractivity contribution in [2.45, 2.75) is 25.7 Å². The van der Waals surface area contributed by atoms with Crippen LogP contribution in [0.1, 0.15) is 36.3 Å². The van der Waals surface area contributed by atoms with E-state index in [1.807, 2.05) is 0 Å². The van der Waals surface area contributed by atoms with Crippen LogP contribution in [0.2, 0.25) is 0 Å². The fraction of sp³-hybridized carbons (Fsp3) is 0.545. The Balaban J connectivity index is 2.18. The quantitative estimate of drug-likeness (QED) is 0.820. The van der Waals surface area contributed by atoms with Crippen LogP contribution in [0.25, 0.3) is 0 Å². The lowest BCUT2D eigenvalue weighted by Crippen LogP contribution is -2.25. The molecule has 1 aliphatic rings. The molecule has 1 saturated heterocycles. The molecule has 1 aromatic heterocycles. The van der Waals surface area contributed by atoms with E-state index in [9.17, 15) is 4.79 Å². The largest absolute Gasteiger partial charge is 0.475 e. The normalized spacial score (nSPS) is 16.9. The van der Waals surface area contributed by atoms with Crippen LogP contribution >= 0.6 is 0 Å². The summed E-state index contributed by atoms with van der Waals surface area (Å²) in [5.74, 6) is -0.465. The van der Waals surface area contributed by atoms with Crippen LogP contribution in [0.4, 0.5) is 5.82 Å². The first-order valence-electron chi connectivity index (χ1n) is 5.58. The van der Waals surface area contributed by atoms with Crippen LogP contribution in [0.5, 0.6) is 0 Å². The Kier molecular flexibility index (Phi) is 3.34.